The van der Waals surface area contributed by atoms with E-state index in [0.29, 0.717) is 19.3 Å². The molecule has 0 bridgehead atoms. The molecule has 9 heteroatoms. The molecule has 0 aliphatic carbocycles. The normalized spacial score (nSPS) is 13.5. The largest absolute Gasteiger partial charge is 0.467 e. The van der Waals surface area contributed by atoms with Crippen molar-refractivity contribution >= 4 is 23.8 Å². The van der Waals surface area contributed by atoms with E-state index in [2.05, 4.69) is 47.1 Å². The van der Waals surface area contributed by atoms with Crippen molar-refractivity contribution in [2.75, 3.05) is 14.2 Å². The number of rotatable bonds is 18. The Labute approximate surface area is 220 Å². The van der Waals surface area contributed by atoms with Gasteiger partial charge >= 0.3 is 11.9 Å². The molecule has 0 heterocycles. The lowest BCUT2D eigenvalue weighted by Crippen LogP contribution is -2.48. The summed E-state index contributed by atoms with van der Waals surface area (Å²) in [6.07, 6.45) is 11.7. The van der Waals surface area contributed by atoms with Gasteiger partial charge in [0.1, 0.15) is 12.1 Å². The number of ether oxygens (including phenoxy) is 2. The Kier molecular flexibility index (Phi) is 22.4. The number of hydrogen-bond acceptors (Lipinski definition) is 7. The smallest absolute Gasteiger partial charge is 0.328 e. The van der Waals surface area contributed by atoms with E-state index in [9.17, 15) is 19.2 Å². The Balaban J connectivity index is -0.000000289. The zero-order valence-corrected chi connectivity index (χ0v) is 23.0. The molecule has 0 saturated carbocycles. The first-order chi connectivity index (χ1) is 17.1. The van der Waals surface area contributed by atoms with E-state index < -0.39 is 30.1 Å². The molecule has 4 N–H and O–H groups in total. The number of esters is 2. The van der Waals surface area contributed by atoms with Gasteiger partial charge in [-0.3, -0.25) is 9.59 Å². The number of carbonyl (C=O) groups excluding carboxylic acids is 4. The molecule has 0 aliphatic heterocycles. The highest BCUT2D eigenvalue weighted by Crippen LogP contribution is 2.10. The van der Waals surface area contributed by atoms with Crippen LogP contribution in [-0.2, 0) is 28.7 Å². The number of methoxy groups -OCH3 is 2. The van der Waals surface area contributed by atoms with Crippen molar-refractivity contribution in [3.63, 3.8) is 0 Å². The fraction of sp³-hybridized carbons (Fsp3) is 0.704. The second-order valence-corrected chi connectivity index (χ2v) is 8.72. The van der Waals surface area contributed by atoms with Crippen LogP contribution < -0.4 is 16.4 Å². The maximum absolute atomic E-state index is 11.9. The number of amides is 2. The summed E-state index contributed by atoms with van der Waals surface area (Å²) in [6.45, 7) is 13.2. The quantitative estimate of drug-likeness (QED) is 0.142. The Morgan fingerprint density at radius 3 is 1.61 bits per heavy atom. The van der Waals surface area contributed by atoms with Crippen LogP contribution >= 0.6 is 0 Å². The van der Waals surface area contributed by atoms with E-state index in [4.69, 9.17) is 5.73 Å². The maximum Gasteiger partial charge on any atom is 0.328 e. The Hall–Kier alpha value is -2.68. The number of nitrogens with one attached hydrogen (secondary N) is 2. The van der Waals surface area contributed by atoms with Crippen LogP contribution in [0.1, 0.15) is 87.8 Å². The first-order valence-electron chi connectivity index (χ1n) is 12.9. The zero-order chi connectivity index (χ0) is 27.9. The standard InChI is InChI=1S/C14H25NO3.C13H24N2O3.2H2/c1-5-7-8-10-11(3)13(16)15-12(9-6-2)14(17)18-4;1-4-6-7-9-10(14)12(16)15-11(8-5-2)13(17)18-3;;/h6,11-12H,2,5,7-10H2,1,3-4H3,(H,15,16);5,10-11H,2,4,6-9,14H2,1,3H3,(H,15,16);2*1H/t11-,12+;10-,11+;;/m11../s1/i;;2*1+1. The Morgan fingerprint density at radius 1 is 0.806 bits per heavy atom. The second-order valence-electron chi connectivity index (χ2n) is 8.72. The van der Waals surface area contributed by atoms with Crippen LogP contribution in [0.2, 0.25) is 0 Å². The predicted molar refractivity (Wildman–Crippen MR) is 147 cm³/mol. The van der Waals surface area contributed by atoms with Gasteiger partial charge in [-0.25, -0.2) is 9.59 Å². The maximum atomic E-state index is 11.9. The molecule has 0 aliphatic rings. The summed E-state index contributed by atoms with van der Waals surface area (Å²) in [5.74, 6) is -1.40. The van der Waals surface area contributed by atoms with Crippen LogP contribution in [0.5, 0.6) is 0 Å². The average molecular weight is 518 g/mol. The predicted octanol–water partition coefficient (Wildman–Crippen LogP) is 4.06. The van der Waals surface area contributed by atoms with Gasteiger partial charge in [0.25, 0.3) is 0 Å². The van der Waals surface area contributed by atoms with Gasteiger partial charge in [-0.1, -0.05) is 71.4 Å². The molecule has 0 saturated heterocycles. The topological polar surface area (TPSA) is 137 Å². The van der Waals surface area contributed by atoms with Gasteiger partial charge in [-0.2, -0.15) is 0 Å². The molecular formula is C27H53N3O6. The lowest BCUT2D eigenvalue weighted by molar-refractivity contribution is -0.145. The molecule has 9 nitrogen and oxygen atoms in total. The van der Waals surface area contributed by atoms with Gasteiger partial charge < -0.3 is 25.8 Å². The van der Waals surface area contributed by atoms with Gasteiger partial charge in [0.15, 0.2) is 0 Å². The lowest BCUT2D eigenvalue weighted by Gasteiger charge is -2.18. The minimum Gasteiger partial charge on any atom is -0.467 e. The molecule has 0 aromatic rings. The molecule has 0 aromatic heterocycles. The highest BCUT2D eigenvalue weighted by atomic mass is 16.5. The van der Waals surface area contributed by atoms with Crippen LogP contribution in [0.15, 0.2) is 25.3 Å². The van der Waals surface area contributed by atoms with Gasteiger partial charge in [-0.05, 0) is 25.7 Å². The van der Waals surface area contributed by atoms with Gasteiger partial charge in [0, 0.05) is 8.77 Å². The van der Waals surface area contributed by atoms with E-state index in [-0.39, 0.29) is 20.6 Å². The third-order valence-corrected chi connectivity index (χ3v) is 5.55. The summed E-state index contributed by atoms with van der Waals surface area (Å²) in [5.41, 5.74) is 5.75. The lowest BCUT2D eigenvalue weighted by atomic mass is 10.0. The first-order valence-corrected chi connectivity index (χ1v) is 12.9. The molecule has 36 heavy (non-hydrogen) atoms. The van der Waals surface area contributed by atoms with E-state index in [0.717, 1.165) is 44.9 Å². The number of carbonyl (C=O) groups is 4. The van der Waals surface area contributed by atoms with Crippen molar-refractivity contribution in [2.45, 2.75) is 103 Å². The molecule has 212 valence electrons. The number of hydrogen-bond donors (Lipinski definition) is 3. The van der Waals surface area contributed by atoms with Crippen molar-refractivity contribution < 1.29 is 31.5 Å². The fourth-order valence-corrected chi connectivity index (χ4v) is 3.22. The van der Waals surface area contributed by atoms with Crippen molar-refractivity contribution in [1.29, 1.82) is 0 Å². The number of unbranched alkanes of at least 4 members (excludes halogenated alkanes) is 4. The summed E-state index contributed by atoms with van der Waals surface area (Å²) < 4.78 is 9.24. The van der Waals surface area contributed by atoms with Crippen molar-refractivity contribution in [2.24, 2.45) is 11.7 Å². The molecule has 2 amide bonds. The Morgan fingerprint density at radius 2 is 1.22 bits per heavy atom. The van der Waals surface area contributed by atoms with Gasteiger partial charge in [0.2, 0.25) is 11.8 Å². The van der Waals surface area contributed by atoms with Crippen LogP contribution in [0.25, 0.3) is 0 Å². The molecule has 0 spiro atoms. The summed E-state index contributed by atoms with van der Waals surface area (Å²) in [7, 11) is 2.60. The van der Waals surface area contributed by atoms with E-state index in [1.165, 1.54) is 14.2 Å². The zero-order valence-electron chi connectivity index (χ0n) is 23.0. The van der Waals surface area contributed by atoms with E-state index in [1.54, 1.807) is 12.2 Å². The molecular weight excluding hydrogens is 462 g/mol. The van der Waals surface area contributed by atoms with Crippen molar-refractivity contribution in [1.82, 2.24) is 10.6 Å². The molecule has 0 rings (SSSR count). The molecule has 0 fully saturated rings. The summed E-state index contributed by atoms with van der Waals surface area (Å²) >= 11 is 0. The minimum absolute atomic E-state index is 0. The third kappa shape index (κ3) is 16.9. The monoisotopic (exact) mass is 517 g/mol. The van der Waals surface area contributed by atoms with Crippen LogP contribution in [0.3, 0.4) is 0 Å². The highest BCUT2D eigenvalue weighted by molar-refractivity contribution is 5.87. The van der Waals surface area contributed by atoms with E-state index >= 15 is 0 Å². The molecule has 0 unspecified atom stereocenters. The van der Waals surface area contributed by atoms with E-state index in [1.807, 2.05) is 6.92 Å². The Bertz CT molecular complexity index is 623. The van der Waals surface area contributed by atoms with Gasteiger partial charge in [0.05, 0.1) is 20.3 Å². The fourth-order valence-electron chi connectivity index (χ4n) is 3.22. The third-order valence-electron chi connectivity index (χ3n) is 5.55. The molecule has 0 aromatic carbocycles. The molecule has 0 radical (unpaired) electrons. The summed E-state index contributed by atoms with van der Waals surface area (Å²) in [4.78, 5) is 46.5. The molecule has 4 atom stereocenters. The highest BCUT2D eigenvalue weighted by Gasteiger charge is 2.23. The SMILES string of the molecule is C=CC[C@H](NC(=O)[C@H](C)CCCCC)C(=O)OC.C=CC[C@H](NC(=O)[C@H](N)CCCCC)C(=O)OC.[2HH].[2HH]. The van der Waals surface area contributed by atoms with Crippen molar-refractivity contribution in [3.8, 4) is 0 Å². The van der Waals surface area contributed by atoms with Crippen LogP contribution in [0, 0.1) is 5.92 Å². The minimum atomic E-state index is -0.697. The first kappa shape index (κ1) is 35.5. The summed E-state index contributed by atoms with van der Waals surface area (Å²) in [5, 5.41) is 5.30. The summed E-state index contributed by atoms with van der Waals surface area (Å²) in [6, 6.07) is -1.89. The van der Waals surface area contributed by atoms with Crippen molar-refractivity contribution in [3.05, 3.63) is 25.3 Å². The average Bonchev–Trinajstić information content (AvgIpc) is 2.87. The van der Waals surface area contributed by atoms with Crippen LogP contribution in [0.4, 0.5) is 0 Å². The second kappa shape index (κ2) is 22.8. The van der Waals surface area contributed by atoms with Gasteiger partial charge in [-0.15, -0.1) is 13.2 Å². The number of nitrogens with two attached hydrogens (primary N) is 1. The van der Waals surface area contributed by atoms with Crippen LogP contribution in [-0.4, -0.2) is 56.1 Å².